The molecule has 1 aromatic carbocycles. The highest BCUT2D eigenvalue weighted by molar-refractivity contribution is 7.19. The lowest BCUT2D eigenvalue weighted by molar-refractivity contribution is 1.51. The topological polar surface area (TPSA) is 0 Å². The molecule has 0 saturated carbocycles. The summed E-state index contributed by atoms with van der Waals surface area (Å²) in [6.45, 7) is 4.15. The van der Waals surface area contributed by atoms with Gasteiger partial charge in [0.05, 0.1) is 9.72 Å². The fourth-order valence-corrected chi connectivity index (χ4v) is 2.59. The van der Waals surface area contributed by atoms with E-state index in [9.17, 15) is 0 Å². The van der Waals surface area contributed by atoms with E-state index in [1.807, 2.05) is 6.92 Å². The fourth-order valence-electron chi connectivity index (χ4n) is 1.30. The summed E-state index contributed by atoms with van der Waals surface area (Å²) in [5.74, 6) is 0. The Bertz CT molecular complexity index is 429. The Balaban J connectivity index is 2.89. The van der Waals surface area contributed by atoms with Crippen molar-refractivity contribution < 1.29 is 0 Å². The van der Waals surface area contributed by atoms with Gasteiger partial charge in [-0.1, -0.05) is 23.7 Å². The Labute approximate surface area is 80.8 Å². The molecule has 0 spiro atoms. The summed E-state index contributed by atoms with van der Waals surface area (Å²) in [6.07, 6.45) is 0. The molecular formula is C10H9ClS. The van der Waals surface area contributed by atoms with Crippen LogP contribution in [0.2, 0.25) is 5.02 Å². The maximum Gasteiger partial charge on any atom is 0.0613 e. The van der Waals surface area contributed by atoms with Gasteiger partial charge in [0.25, 0.3) is 0 Å². The maximum absolute atomic E-state index is 6.15. The van der Waals surface area contributed by atoms with Crippen molar-refractivity contribution >= 4 is 33.0 Å². The molecule has 0 nitrogen and oxygen atoms in total. The van der Waals surface area contributed by atoms with Crippen LogP contribution in [0.1, 0.15) is 10.4 Å². The van der Waals surface area contributed by atoms with E-state index in [-0.39, 0.29) is 0 Å². The third-order valence-electron chi connectivity index (χ3n) is 1.94. The van der Waals surface area contributed by atoms with Crippen molar-refractivity contribution in [3.8, 4) is 0 Å². The zero-order chi connectivity index (χ0) is 8.72. The summed E-state index contributed by atoms with van der Waals surface area (Å²) in [6, 6.07) is 6.36. The molecule has 0 radical (unpaired) electrons. The van der Waals surface area contributed by atoms with Gasteiger partial charge in [-0.2, -0.15) is 0 Å². The molecule has 1 aromatic heterocycles. The molecule has 0 N–H and O–H groups in total. The van der Waals surface area contributed by atoms with Crippen molar-refractivity contribution in [2.45, 2.75) is 13.8 Å². The van der Waals surface area contributed by atoms with Crippen molar-refractivity contribution in [1.29, 1.82) is 0 Å². The van der Waals surface area contributed by atoms with E-state index in [1.165, 1.54) is 15.0 Å². The van der Waals surface area contributed by atoms with Crippen LogP contribution in [0.5, 0.6) is 0 Å². The molecule has 0 amide bonds. The Morgan fingerprint density at radius 3 is 2.75 bits per heavy atom. The lowest BCUT2D eigenvalue weighted by Gasteiger charge is -1.96. The minimum atomic E-state index is 0.908. The van der Waals surface area contributed by atoms with Gasteiger partial charge in [-0.15, -0.1) is 11.3 Å². The highest BCUT2D eigenvalue weighted by atomic mass is 35.5. The van der Waals surface area contributed by atoms with Gasteiger partial charge in [-0.05, 0) is 30.9 Å². The van der Waals surface area contributed by atoms with Gasteiger partial charge in [-0.25, -0.2) is 0 Å². The molecule has 2 heteroatoms. The molecule has 0 aliphatic carbocycles. The van der Waals surface area contributed by atoms with Crippen molar-refractivity contribution in [3.05, 3.63) is 33.7 Å². The van der Waals surface area contributed by atoms with E-state index in [0.29, 0.717) is 0 Å². The van der Waals surface area contributed by atoms with Gasteiger partial charge in [0.15, 0.2) is 0 Å². The minimum absolute atomic E-state index is 0.908. The number of thiophene rings is 1. The summed E-state index contributed by atoms with van der Waals surface area (Å²) < 4.78 is 1.22. The Morgan fingerprint density at radius 2 is 2.00 bits per heavy atom. The van der Waals surface area contributed by atoms with Crippen molar-refractivity contribution in [2.75, 3.05) is 0 Å². The van der Waals surface area contributed by atoms with Gasteiger partial charge >= 0.3 is 0 Å². The van der Waals surface area contributed by atoms with E-state index < -0.39 is 0 Å². The van der Waals surface area contributed by atoms with Crippen LogP contribution in [0.3, 0.4) is 0 Å². The third-order valence-corrected chi connectivity index (χ3v) is 3.63. The molecule has 0 fully saturated rings. The molecule has 0 unspecified atom stereocenters. The minimum Gasteiger partial charge on any atom is -0.139 e. The lowest BCUT2D eigenvalue weighted by atomic mass is 10.2. The molecule has 0 bridgehead atoms. The Morgan fingerprint density at radius 1 is 1.25 bits per heavy atom. The van der Waals surface area contributed by atoms with E-state index in [4.69, 9.17) is 11.6 Å². The van der Waals surface area contributed by atoms with E-state index in [2.05, 4.69) is 25.1 Å². The van der Waals surface area contributed by atoms with Crippen molar-refractivity contribution in [1.82, 2.24) is 0 Å². The second-order valence-electron chi connectivity index (χ2n) is 2.97. The van der Waals surface area contributed by atoms with E-state index in [0.717, 1.165) is 10.6 Å². The van der Waals surface area contributed by atoms with Crippen LogP contribution in [-0.2, 0) is 0 Å². The van der Waals surface area contributed by atoms with Crippen LogP contribution < -0.4 is 0 Å². The van der Waals surface area contributed by atoms with Gasteiger partial charge < -0.3 is 0 Å². The van der Waals surface area contributed by atoms with Crippen LogP contribution in [0.4, 0.5) is 0 Å². The number of benzene rings is 1. The summed E-state index contributed by atoms with van der Waals surface area (Å²) in [5, 5.41) is 2.17. The van der Waals surface area contributed by atoms with Gasteiger partial charge in [0.1, 0.15) is 0 Å². The van der Waals surface area contributed by atoms with Crippen molar-refractivity contribution in [2.24, 2.45) is 0 Å². The molecule has 2 rings (SSSR count). The van der Waals surface area contributed by atoms with Crippen LogP contribution in [0.25, 0.3) is 10.1 Å². The van der Waals surface area contributed by atoms with E-state index >= 15 is 0 Å². The predicted molar refractivity (Wildman–Crippen MR) is 56.3 cm³/mol. The van der Waals surface area contributed by atoms with E-state index in [1.54, 1.807) is 11.3 Å². The first-order valence-electron chi connectivity index (χ1n) is 3.84. The Kier molecular flexibility index (Phi) is 1.85. The van der Waals surface area contributed by atoms with Gasteiger partial charge in [0.2, 0.25) is 0 Å². The summed E-state index contributed by atoms with van der Waals surface area (Å²) in [5.41, 5.74) is 1.16. The van der Waals surface area contributed by atoms with Gasteiger partial charge in [0, 0.05) is 4.88 Å². The monoisotopic (exact) mass is 196 g/mol. The molecular weight excluding hydrogens is 188 g/mol. The maximum atomic E-state index is 6.15. The second kappa shape index (κ2) is 2.75. The van der Waals surface area contributed by atoms with Crippen LogP contribution in [0, 0.1) is 13.8 Å². The van der Waals surface area contributed by atoms with Crippen LogP contribution in [0.15, 0.2) is 18.2 Å². The lowest BCUT2D eigenvalue weighted by Crippen LogP contribution is -1.72. The zero-order valence-corrected chi connectivity index (χ0v) is 8.59. The molecule has 0 saturated heterocycles. The zero-order valence-electron chi connectivity index (χ0n) is 7.02. The molecule has 2 aromatic rings. The molecule has 12 heavy (non-hydrogen) atoms. The number of halogens is 1. The summed E-state index contributed by atoms with van der Waals surface area (Å²) >= 11 is 7.91. The third kappa shape index (κ3) is 1.13. The largest absolute Gasteiger partial charge is 0.139 e. The second-order valence-corrected chi connectivity index (χ2v) is 4.61. The summed E-state index contributed by atoms with van der Waals surface area (Å²) in [4.78, 5) is 1.32. The molecule has 1 heterocycles. The average Bonchev–Trinajstić information content (AvgIpc) is 2.39. The molecule has 0 aliphatic heterocycles. The highest BCUT2D eigenvalue weighted by Gasteiger charge is 2.04. The fraction of sp³-hybridized carbons (Fsp3) is 0.200. The van der Waals surface area contributed by atoms with Crippen molar-refractivity contribution in [3.63, 3.8) is 0 Å². The Hall–Kier alpha value is -0.530. The highest BCUT2D eigenvalue weighted by Crippen LogP contribution is 2.33. The SMILES string of the molecule is Cc1cc2ccc(C)c(Cl)c2s1. The number of hydrogen-bond acceptors (Lipinski definition) is 1. The predicted octanol–water partition coefficient (Wildman–Crippen LogP) is 4.17. The quantitative estimate of drug-likeness (QED) is 0.593. The smallest absolute Gasteiger partial charge is 0.0613 e. The standard InChI is InChI=1S/C10H9ClS/c1-6-3-4-8-5-7(2)12-10(8)9(6)11/h3-5H,1-2H3. The van der Waals surface area contributed by atoms with Crippen LogP contribution in [-0.4, -0.2) is 0 Å². The summed E-state index contributed by atoms with van der Waals surface area (Å²) in [7, 11) is 0. The van der Waals surface area contributed by atoms with Crippen LogP contribution >= 0.6 is 22.9 Å². The molecule has 0 aliphatic rings. The number of aryl methyl sites for hydroxylation is 2. The molecule has 62 valence electrons. The number of rotatable bonds is 0. The molecule has 0 atom stereocenters. The number of fused-ring (bicyclic) bond motifs is 1. The average molecular weight is 197 g/mol. The first-order chi connectivity index (χ1) is 5.68. The first kappa shape index (κ1) is 8.09. The first-order valence-corrected chi connectivity index (χ1v) is 5.03. The normalized spacial score (nSPS) is 10.9. The number of hydrogen-bond donors (Lipinski definition) is 0. The van der Waals surface area contributed by atoms with Gasteiger partial charge in [-0.3, -0.25) is 0 Å².